The molecule has 4 N–H and O–H groups in total. The molecule has 0 fully saturated rings. The van der Waals surface area contributed by atoms with E-state index in [1.807, 2.05) is 54.6 Å². The molecule has 2 aromatic heterocycles. The fourth-order valence-corrected chi connectivity index (χ4v) is 3.01. The Balaban J connectivity index is 0.00000210. The van der Waals surface area contributed by atoms with Crippen molar-refractivity contribution in [2.75, 3.05) is 12.8 Å². The summed E-state index contributed by atoms with van der Waals surface area (Å²) in [6, 6.07) is 17.7. The van der Waals surface area contributed by atoms with Crippen molar-refractivity contribution in [2.24, 2.45) is 5.73 Å². The minimum absolute atomic E-state index is 0. The van der Waals surface area contributed by atoms with E-state index in [0.29, 0.717) is 12.4 Å². The van der Waals surface area contributed by atoms with E-state index in [2.05, 4.69) is 9.55 Å². The van der Waals surface area contributed by atoms with Crippen LogP contribution >= 0.6 is 12.4 Å². The number of fused-ring (bicyclic) bond motifs is 1. The van der Waals surface area contributed by atoms with Crippen molar-refractivity contribution in [2.45, 2.75) is 6.54 Å². The van der Waals surface area contributed by atoms with Crippen LogP contribution in [0.1, 0.15) is 5.56 Å². The molecule has 0 saturated carbocycles. The van der Waals surface area contributed by atoms with E-state index in [-0.39, 0.29) is 12.4 Å². The number of aromatic nitrogens is 3. The zero-order valence-corrected chi connectivity index (χ0v) is 15.6. The topological polar surface area (TPSA) is 92.0 Å². The molecule has 0 amide bonds. The highest BCUT2D eigenvalue weighted by atomic mass is 35.5. The Morgan fingerprint density at radius 3 is 2.52 bits per heavy atom. The number of benzene rings is 2. The molecule has 0 atom stereocenters. The fourth-order valence-electron chi connectivity index (χ4n) is 3.01. The van der Waals surface area contributed by atoms with Crippen LogP contribution in [0.3, 0.4) is 0 Å². The third-order valence-electron chi connectivity index (χ3n) is 4.37. The highest BCUT2D eigenvalue weighted by Crippen LogP contribution is 2.32. The Bertz CT molecular complexity index is 1080. The number of pyridine rings is 1. The Kier molecular flexibility index (Phi) is 5.30. The van der Waals surface area contributed by atoms with Gasteiger partial charge in [-0.3, -0.25) is 4.57 Å². The number of nitrogens with zero attached hydrogens (tertiary/aromatic N) is 3. The molecular weight excluding hydrogens is 362 g/mol. The van der Waals surface area contributed by atoms with E-state index < -0.39 is 0 Å². The average Bonchev–Trinajstić information content (AvgIpc) is 3.06. The normalized spacial score (nSPS) is 10.6. The molecule has 27 heavy (non-hydrogen) atoms. The first-order valence-electron chi connectivity index (χ1n) is 8.28. The van der Waals surface area contributed by atoms with Crippen LogP contribution in [0.5, 0.6) is 5.75 Å². The number of nitrogen functional groups attached to an aromatic ring is 1. The van der Waals surface area contributed by atoms with Crippen LogP contribution in [0.4, 0.5) is 5.82 Å². The molecule has 0 aliphatic heterocycles. The smallest absolute Gasteiger partial charge is 0.149 e. The highest BCUT2D eigenvalue weighted by molar-refractivity contribution is 5.86. The highest BCUT2D eigenvalue weighted by Gasteiger charge is 2.17. The largest absolute Gasteiger partial charge is 0.497 e. The van der Waals surface area contributed by atoms with Crippen molar-refractivity contribution >= 4 is 29.3 Å². The third kappa shape index (κ3) is 3.32. The monoisotopic (exact) mass is 381 g/mol. The summed E-state index contributed by atoms with van der Waals surface area (Å²) in [4.78, 5) is 9.01. The lowest BCUT2D eigenvalue weighted by Crippen LogP contribution is -2.02. The minimum atomic E-state index is 0. The van der Waals surface area contributed by atoms with Gasteiger partial charge >= 0.3 is 0 Å². The molecule has 7 heteroatoms. The van der Waals surface area contributed by atoms with Gasteiger partial charge in [0.05, 0.1) is 23.7 Å². The third-order valence-corrected chi connectivity index (χ3v) is 4.37. The van der Waals surface area contributed by atoms with E-state index in [1.165, 1.54) is 0 Å². The van der Waals surface area contributed by atoms with E-state index >= 15 is 0 Å². The molecule has 0 spiro atoms. The second-order valence-electron chi connectivity index (χ2n) is 5.93. The Morgan fingerprint density at radius 2 is 1.85 bits per heavy atom. The predicted molar refractivity (Wildman–Crippen MR) is 110 cm³/mol. The fraction of sp³-hybridized carbons (Fsp3) is 0.100. The SMILES string of the molecule is COc1ccc2nc(-c3cccnc3N)n(-c3ccc(CN)cc3)c2c1.Cl. The first-order valence-corrected chi connectivity index (χ1v) is 8.28. The lowest BCUT2D eigenvalue weighted by molar-refractivity contribution is 0.415. The molecule has 0 unspecified atom stereocenters. The zero-order chi connectivity index (χ0) is 18.1. The Labute approximate surface area is 163 Å². The van der Waals surface area contributed by atoms with Crippen molar-refractivity contribution in [1.82, 2.24) is 14.5 Å². The number of hydrogen-bond acceptors (Lipinski definition) is 5. The zero-order valence-electron chi connectivity index (χ0n) is 14.8. The molecule has 2 aromatic carbocycles. The molecule has 0 aliphatic rings. The molecule has 0 aliphatic carbocycles. The number of ether oxygens (including phenoxy) is 1. The summed E-state index contributed by atoms with van der Waals surface area (Å²) in [5.41, 5.74) is 16.5. The summed E-state index contributed by atoms with van der Waals surface area (Å²) in [5.74, 6) is 1.94. The standard InChI is InChI=1S/C20H19N5O.ClH/c1-26-15-8-9-17-18(11-15)25(14-6-4-13(12-21)5-7-14)20(24-17)16-3-2-10-23-19(16)22;/h2-11H,12,21H2,1H3,(H2,22,23);1H. The van der Waals surface area contributed by atoms with Gasteiger partial charge in [-0.2, -0.15) is 0 Å². The van der Waals surface area contributed by atoms with Crippen LogP contribution in [0.15, 0.2) is 60.8 Å². The van der Waals surface area contributed by atoms with Gasteiger partial charge in [-0.15, -0.1) is 12.4 Å². The van der Waals surface area contributed by atoms with Crippen molar-refractivity contribution in [3.05, 3.63) is 66.4 Å². The van der Waals surface area contributed by atoms with Crippen molar-refractivity contribution in [1.29, 1.82) is 0 Å². The van der Waals surface area contributed by atoms with E-state index in [4.69, 9.17) is 21.2 Å². The molecule has 6 nitrogen and oxygen atoms in total. The first-order chi connectivity index (χ1) is 12.7. The molecule has 4 rings (SSSR count). The number of halogens is 1. The van der Waals surface area contributed by atoms with E-state index in [9.17, 15) is 0 Å². The number of hydrogen-bond donors (Lipinski definition) is 2. The molecular formula is C20H20ClN5O. The maximum atomic E-state index is 6.12. The Hall–Kier alpha value is -3.09. The van der Waals surface area contributed by atoms with Crippen molar-refractivity contribution in [3.8, 4) is 22.8 Å². The molecule has 0 saturated heterocycles. The molecule has 2 heterocycles. The number of methoxy groups -OCH3 is 1. The Morgan fingerprint density at radius 1 is 1.07 bits per heavy atom. The van der Waals surface area contributed by atoms with E-state index in [1.54, 1.807) is 13.3 Å². The van der Waals surface area contributed by atoms with Crippen molar-refractivity contribution < 1.29 is 4.74 Å². The second kappa shape index (κ2) is 7.65. The maximum Gasteiger partial charge on any atom is 0.149 e. The van der Waals surface area contributed by atoms with Crippen molar-refractivity contribution in [3.63, 3.8) is 0 Å². The summed E-state index contributed by atoms with van der Waals surface area (Å²) in [6.07, 6.45) is 1.67. The quantitative estimate of drug-likeness (QED) is 0.564. The van der Waals surface area contributed by atoms with Gasteiger partial charge in [-0.05, 0) is 42.0 Å². The lowest BCUT2D eigenvalue weighted by Gasteiger charge is -2.11. The summed E-state index contributed by atoms with van der Waals surface area (Å²) in [5, 5.41) is 0. The summed E-state index contributed by atoms with van der Waals surface area (Å²) >= 11 is 0. The molecule has 4 aromatic rings. The van der Waals surface area contributed by atoms with E-state index in [0.717, 1.165) is 39.4 Å². The van der Waals surface area contributed by atoms with Crippen LogP contribution in [-0.4, -0.2) is 21.6 Å². The molecule has 0 bridgehead atoms. The number of anilines is 1. The van der Waals surface area contributed by atoms with Gasteiger partial charge in [0, 0.05) is 24.5 Å². The number of nitrogens with two attached hydrogens (primary N) is 2. The number of rotatable bonds is 4. The lowest BCUT2D eigenvalue weighted by atomic mass is 10.2. The number of imidazole rings is 1. The molecule has 0 radical (unpaired) electrons. The van der Waals surface area contributed by atoms with Crippen LogP contribution in [0.2, 0.25) is 0 Å². The van der Waals surface area contributed by atoms with Gasteiger partial charge in [0.2, 0.25) is 0 Å². The van der Waals surface area contributed by atoms with Crippen LogP contribution in [-0.2, 0) is 6.54 Å². The molecule has 138 valence electrons. The first kappa shape index (κ1) is 18.7. The van der Waals surface area contributed by atoms with Gasteiger partial charge in [0.1, 0.15) is 17.4 Å². The van der Waals surface area contributed by atoms with Crippen LogP contribution in [0.25, 0.3) is 28.1 Å². The van der Waals surface area contributed by atoms with Crippen LogP contribution in [0, 0.1) is 0 Å². The van der Waals surface area contributed by atoms with Crippen LogP contribution < -0.4 is 16.2 Å². The predicted octanol–water partition coefficient (Wildman–Crippen LogP) is 3.56. The van der Waals surface area contributed by atoms with Gasteiger partial charge in [-0.1, -0.05) is 12.1 Å². The van der Waals surface area contributed by atoms with Gasteiger partial charge in [0.25, 0.3) is 0 Å². The second-order valence-corrected chi connectivity index (χ2v) is 5.93. The average molecular weight is 382 g/mol. The van der Waals surface area contributed by atoms with Gasteiger partial charge in [0.15, 0.2) is 0 Å². The van der Waals surface area contributed by atoms with Gasteiger partial charge in [-0.25, -0.2) is 9.97 Å². The summed E-state index contributed by atoms with van der Waals surface area (Å²) in [7, 11) is 1.65. The van der Waals surface area contributed by atoms with Gasteiger partial charge < -0.3 is 16.2 Å². The summed E-state index contributed by atoms with van der Waals surface area (Å²) in [6.45, 7) is 0.501. The minimum Gasteiger partial charge on any atom is -0.497 e. The maximum absolute atomic E-state index is 6.12. The summed E-state index contributed by atoms with van der Waals surface area (Å²) < 4.78 is 7.45.